The molecule has 2 unspecified atom stereocenters. The Morgan fingerprint density at radius 1 is 1.35 bits per heavy atom. The van der Waals surface area contributed by atoms with Gasteiger partial charge < -0.3 is 15.2 Å². The maximum absolute atomic E-state index is 12.1. The van der Waals surface area contributed by atoms with Gasteiger partial charge in [0, 0.05) is 6.42 Å². The van der Waals surface area contributed by atoms with Crippen LogP contribution in [0, 0.1) is 0 Å². The summed E-state index contributed by atoms with van der Waals surface area (Å²) in [7, 11) is 1.63. The van der Waals surface area contributed by atoms with Crippen molar-refractivity contribution < 1.29 is 14.6 Å². The SMILES string of the molecule is COc1ccc(C(C)CC(=O)NCC(C)(O)c2ccsc2)cc1. The third-order valence-electron chi connectivity index (χ3n) is 3.95. The summed E-state index contributed by atoms with van der Waals surface area (Å²) in [5, 5.41) is 17.0. The van der Waals surface area contributed by atoms with Crippen LogP contribution in [-0.4, -0.2) is 24.7 Å². The van der Waals surface area contributed by atoms with Gasteiger partial charge in [-0.1, -0.05) is 19.1 Å². The first kappa shape index (κ1) is 17.5. The van der Waals surface area contributed by atoms with E-state index in [0.717, 1.165) is 16.9 Å². The Labute approximate surface area is 141 Å². The molecule has 0 bridgehead atoms. The molecule has 1 aromatic carbocycles. The Bertz CT molecular complexity index is 620. The van der Waals surface area contributed by atoms with Gasteiger partial charge in [0.1, 0.15) is 11.4 Å². The fourth-order valence-corrected chi connectivity index (χ4v) is 3.13. The normalized spacial score (nSPS) is 14.8. The van der Waals surface area contributed by atoms with Crippen molar-refractivity contribution in [3.05, 3.63) is 52.2 Å². The topological polar surface area (TPSA) is 58.6 Å². The highest BCUT2D eigenvalue weighted by atomic mass is 32.1. The van der Waals surface area contributed by atoms with E-state index < -0.39 is 5.60 Å². The molecular formula is C18H23NO3S. The first-order chi connectivity index (χ1) is 10.9. The second-order valence-electron chi connectivity index (χ2n) is 5.94. The van der Waals surface area contributed by atoms with E-state index >= 15 is 0 Å². The number of rotatable bonds is 7. The summed E-state index contributed by atoms with van der Waals surface area (Å²) in [6, 6.07) is 9.60. The molecule has 0 fully saturated rings. The minimum absolute atomic E-state index is 0.0659. The lowest BCUT2D eigenvalue weighted by atomic mass is 9.96. The highest BCUT2D eigenvalue weighted by Gasteiger charge is 2.24. The number of hydrogen-bond acceptors (Lipinski definition) is 4. The Morgan fingerprint density at radius 3 is 2.61 bits per heavy atom. The van der Waals surface area contributed by atoms with Crippen molar-refractivity contribution in [1.82, 2.24) is 5.32 Å². The fourth-order valence-electron chi connectivity index (χ4n) is 2.34. The lowest BCUT2D eigenvalue weighted by Gasteiger charge is -2.23. The maximum Gasteiger partial charge on any atom is 0.220 e. The van der Waals surface area contributed by atoms with Gasteiger partial charge in [-0.25, -0.2) is 0 Å². The summed E-state index contributed by atoms with van der Waals surface area (Å²) in [6.07, 6.45) is 0.381. The van der Waals surface area contributed by atoms with Crippen LogP contribution in [0.1, 0.15) is 37.3 Å². The van der Waals surface area contributed by atoms with Crippen LogP contribution in [-0.2, 0) is 10.4 Å². The quantitative estimate of drug-likeness (QED) is 0.817. The molecule has 124 valence electrons. The molecule has 0 aliphatic carbocycles. The Hall–Kier alpha value is -1.85. The number of amides is 1. The van der Waals surface area contributed by atoms with Crippen LogP contribution >= 0.6 is 11.3 Å². The molecule has 0 saturated heterocycles. The number of aliphatic hydroxyl groups is 1. The highest BCUT2D eigenvalue weighted by Crippen LogP contribution is 2.23. The third-order valence-corrected chi connectivity index (χ3v) is 4.63. The van der Waals surface area contributed by atoms with E-state index in [1.165, 1.54) is 11.3 Å². The molecule has 4 nitrogen and oxygen atoms in total. The first-order valence-electron chi connectivity index (χ1n) is 7.58. The monoisotopic (exact) mass is 333 g/mol. The van der Waals surface area contributed by atoms with Crippen molar-refractivity contribution in [2.45, 2.75) is 31.8 Å². The molecule has 2 N–H and O–H groups in total. The van der Waals surface area contributed by atoms with Crippen molar-refractivity contribution in [2.75, 3.05) is 13.7 Å². The molecule has 0 saturated carbocycles. The van der Waals surface area contributed by atoms with Crippen molar-refractivity contribution >= 4 is 17.2 Å². The summed E-state index contributed by atoms with van der Waals surface area (Å²) in [5.74, 6) is 0.841. The van der Waals surface area contributed by atoms with Crippen molar-refractivity contribution in [3.63, 3.8) is 0 Å². The lowest BCUT2D eigenvalue weighted by Crippen LogP contribution is -2.38. The Kier molecular flexibility index (Phi) is 5.80. The number of thiophene rings is 1. The van der Waals surface area contributed by atoms with Gasteiger partial charge >= 0.3 is 0 Å². The zero-order chi connectivity index (χ0) is 16.9. The summed E-state index contributed by atoms with van der Waals surface area (Å²) >= 11 is 1.53. The summed E-state index contributed by atoms with van der Waals surface area (Å²) < 4.78 is 5.14. The molecule has 0 aliphatic heterocycles. The summed E-state index contributed by atoms with van der Waals surface area (Å²) in [5.41, 5.74) is 0.871. The van der Waals surface area contributed by atoms with Crippen LogP contribution < -0.4 is 10.1 Å². The van der Waals surface area contributed by atoms with Gasteiger partial charge in [-0.2, -0.15) is 11.3 Å². The molecule has 5 heteroatoms. The van der Waals surface area contributed by atoms with Crippen LogP contribution in [0.15, 0.2) is 41.1 Å². The van der Waals surface area contributed by atoms with Gasteiger partial charge in [0.25, 0.3) is 0 Å². The highest BCUT2D eigenvalue weighted by molar-refractivity contribution is 7.08. The van der Waals surface area contributed by atoms with Crippen molar-refractivity contribution in [1.29, 1.82) is 0 Å². The van der Waals surface area contributed by atoms with Crippen LogP contribution in [0.25, 0.3) is 0 Å². The predicted molar refractivity (Wildman–Crippen MR) is 92.9 cm³/mol. The lowest BCUT2D eigenvalue weighted by molar-refractivity contribution is -0.122. The van der Waals surface area contributed by atoms with Gasteiger partial charge in [-0.15, -0.1) is 0 Å². The molecule has 2 atom stereocenters. The number of carbonyl (C=O) groups excluding carboxylic acids is 1. The zero-order valence-corrected chi connectivity index (χ0v) is 14.5. The average Bonchev–Trinajstić information content (AvgIpc) is 3.08. The number of carbonyl (C=O) groups is 1. The second kappa shape index (κ2) is 7.62. The van der Waals surface area contributed by atoms with Crippen LogP contribution in [0.5, 0.6) is 5.75 Å². The molecule has 1 amide bonds. The van der Waals surface area contributed by atoms with Gasteiger partial charge in [0.2, 0.25) is 5.91 Å². The minimum atomic E-state index is -1.04. The Morgan fingerprint density at radius 2 is 2.04 bits per heavy atom. The van der Waals surface area contributed by atoms with Crippen molar-refractivity contribution in [2.24, 2.45) is 0 Å². The van der Waals surface area contributed by atoms with E-state index in [-0.39, 0.29) is 18.4 Å². The van der Waals surface area contributed by atoms with Crippen LogP contribution in [0.3, 0.4) is 0 Å². The van der Waals surface area contributed by atoms with E-state index in [2.05, 4.69) is 5.32 Å². The van der Waals surface area contributed by atoms with Gasteiger partial charge in [-0.05, 0) is 52.9 Å². The molecule has 2 aromatic rings. The molecule has 0 spiro atoms. The van der Waals surface area contributed by atoms with E-state index in [1.54, 1.807) is 14.0 Å². The van der Waals surface area contributed by atoms with E-state index in [0.29, 0.717) is 6.42 Å². The molecular weight excluding hydrogens is 310 g/mol. The molecule has 0 aliphatic rings. The Balaban J connectivity index is 1.86. The van der Waals surface area contributed by atoms with Gasteiger partial charge in [0.15, 0.2) is 0 Å². The van der Waals surface area contributed by atoms with Gasteiger partial charge in [-0.3, -0.25) is 4.79 Å². The molecule has 0 radical (unpaired) electrons. The first-order valence-corrected chi connectivity index (χ1v) is 8.52. The number of hydrogen-bond donors (Lipinski definition) is 2. The standard InChI is InChI=1S/C18H23NO3S/c1-13(14-4-6-16(22-3)7-5-14)10-17(20)19-12-18(2,21)15-8-9-23-11-15/h4-9,11,13,21H,10,12H2,1-3H3,(H,19,20). The maximum atomic E-state index is 12.1. The number of nitrogens with one attached hydrogen (secondary N) is 1. The van der Waals surface area contributed by atoms with Crippen molar-refractivity contribution in [3.8, 4) is 5.75 Å². The summed E-state index contributed by atoms with van der Waals surface area (Å²) in [4.78, 5) is 12.1. The molecule has 23 heavy (non-hydrogen) atoms. The molecule has 1 heterocycles. The number of ether oxygens (including phenoxy) is 1. The second-order valence-corrected chi connectivity index (χ2v) is 6.72. The predicted octanol–water partition coefficient (Wildman–Crippen LogP) is 3.27. The van der Waals surface area contributed by atoms with E-state index in [9.17, 15) is 9.90 Å². The minimum Gasteiger partial charge on any atom is -0.497 e. The smallest absolute Gasteiger partial charge is 0.220 e. The number of methoxy groups -OCH3 is 1. The van der Waals surface area contributed by atoms with Gasteiger partial charge in [0.05, 0.1) is 13.7 Å². The largest absolute Gasteiger partial charge is 0.497 e. The van der Waals surface area contributed by atoms with Crippen LogP contribution in [0.4, 0.5) is 0 Å². The number of benzene rings is 1. The fraction of sp³-hybridized carbons (Fsp3) is 0.389. The van der Waals surface area contributed by atoms with E-state index in [1.807, 2.05) is 48.0 Å². The average molecular weight is 333 g/mol. The summed E-state index contributed by atoms with van der Waals surface area (Å²) in [6.45, 7) is 3.93. The van der Waals surface area contributed by atoms with Crippen LogP contribution in [0.2, 0.25) is 0 Å². The third kappa shape index (κ3) is 4.81. The van der Waals surface area contributed by atoms with E-state index in [4.69, 9.17) is 4.74 Å². The zero-order valence-electron chi connectivity index (χ0n) is 13.7. The molecule has 1 aromatic heterocycles. The molecule has 2 rings (SSSR count).